The van der Waals surface area contributed by atoms with E-state index in [-0.39, 0.29) is 0 Å². The molecule has 1 unspecified atom stereocenters. The van der Waals surface area contributed by atoms with Crippen molar-refractivity contribution in [3.05, 3.63) is 59.2 Å². The van der Waals surface area contributed by atoms with Gasteiger partial charge >= 0.3 is 5.97 Å². The largest absolute Gasteiger partial charge is 0.481 e. The average Bonchev–Trinajstić information content (AvgIpc) is 2.41. The Bertz CT molecular complexity index is 614. The van der Waals surface area contributed by atoms with Crippen LogP contribution in [0.3, 0.4) is 0 Å². The van der Waals surface area contributed by atoms with Crippen molar-refractivity contribution >= 4 is 5.97 Å². The van der Waals surface area contributed by atoms with Crippen LogP contribution in [-0.2, 0) is 4.79 Å². The summed E-state index contributed by atoms with van der Waals surface area (Å²) in [6, 6.07) is 14.0. The number of hydrogen-bond donors (Lipinski definition) is 1. The lowest BCUT2D eigenvalue weighted by atomic mass is 9.93. The summed E-state index contributed by atoms with van der Waals surface area (Å²) in [6.07, 6.45) is 0. The van der Waals surface area contributed by atoms with Crippen molar-refractivity contribution in [1.29, 1.82) is 0 Å². The average molecular weight is 254 g/mol. The summed E-state index contributed by atoms with van der Waals surface area (Å²) in [5.41, 5.74) is 5.56. The van der Waals surface area contributed by atoms with Gasteiger partial charge in [0.1, 0.15) is 0 Å². The molecule has 0 radical (unpaired) electrons. The van der Waals surface area contributed by atoms with Gasteiger partial charge in [0.25, 0.3) is 0 Å². The van der Waals surface area contributed by atoms with Crippen LogP contribution in [0.1, 0.15) is 29.5 Å². The topological polar surface area (TPSA) is 37.3 Å². The molecule has 0 bridgehead atoms. The van der Waals surface area contributed by atoms with E-state index < -0.39 is 11.9 Å². The molecule has 0 aliphatic rings. The molecule has 0 aliphatic carbocycles. The number of carbonyl (C=O) groups is 1. The van der Waals surface area contributed by atoms with Crippen molar-refractivity contribution in [2.24, 2.45) is 0 Å². The van der Waals surface area contributed by atoms with Crippen LogP contribution in [0.15, 0.2) is 42.5 Å². The molecule has 2 nitrogen and oxygen atoms in total. The van der Waals surface area contributed by atoms with Gasteiger partial charge in [-0.15, -0.1) is 0 Å². The number of rotatable bonds is 3. The number of benzene rings is 2. The molecule has 98 valence electrons. The van der Waals surface area contributed by atoms with Crippen molar-refractivity contribution in [1.82, 2.24) is 0 Å². The summed E-state index contributed by atoms with van der Waals surface area (Å²) in [4.78, 5) is 11.1. The summed E-state index contributed by atoms with van der Waals surface area (Å²) in [5, 5.41) is 9.10. The standard InChI is InChI=1S/C17H18O2/c1-11-6-4-9-16(12(11)2)15-8-5-7-14(10-15)13(3)17(18)19/h4-10,13H,1-3H3,(H,18,19). The number of aliphatic carboxylic acids is 1. The fraction of sp³-hybridized carbons (Fsp3) is 0.235. The molecular weight excluding hydrogens is 236 g/mol. The van der Waals surface area contributed by atoms with Crippen molar-refractivity contribution in [3.8, 4) is 11.1 Å². The predicted molar refractivity (Wildman–Crippen MR) is 77.4 cm³/mol. The van der Waals surface area contributed by atoms with Gasteiger partial charge < -0.3 is 5.11 Å². The summed E-state index contributed by atoms with van der Waals surface area (Å²) < 4.78 is 0. The van der Waals surface area contributed by atoms with Crippen LogP contribution in [0.4, 0.5) is 0 Å². The maximum Gasteiger partial charge on any atom is 0.310 e. The van der Waals surface area contributed by atoms with E-state index in [1.807, 2.05) is 30.3 Å². The minimum atomic E-state index is -0.793. The number of carboxylic acids is 1. The molecule has 2 rings (SSSR count). The molecule has 0 saturated carbocycles. The fourth-order valence-electron chi connectivity index (χ4n) is 2.18. The minimum absolute atomic E-state index is 0.481. The summed E-state index contributed by atoms with van der Waals surface area (Å²) >= 11 is 0. The predicted octanol–water partition coefficient (Wildman–Crippen LogP) is 4.16. The third-order valence-corrected chi connectivity index (χ3v) is 3.67. The van der Waals surface area contributed by atoms with Crippen LogP contribution in [0.25, 0.3) is 11.1 Å². The maximum atomic E-state index is 11.1. The minimum Gasteiger partial charge on any atom is -0.481 e. The van der Waals surface area contributed by atoms with Crippen LogP contribution >= 0.6 is 0 Å². The third kappa shape index (κ3) is 2.68. The van der Waals surface area contributed by atoms with Crippen molar-refractivity contribution < 1.29 is 9.90 Å². The molecule has 1 atom stereocenters. The quantitative estimate of drug-likeness (QED) is 0.893. The van der Waals surface area contributed by atoms with Crippen LogP contribution in [-0.4, -0.2) is 11.1 Å². The second kappa shape index (κ2) is 5.27. The first-order chi connectivity index (χ1) is 9.00. The summed E-state index contributed by atoms with van der Waals surface area (Å²) in [7, 11) is 0. The van der Waals surface area contributed by atoms with Gasteiger partial charge in [-0.05, 0) is 48.6 Å². The molecule has 2 aromatic carbocycles. The van der Waals surface area contributed by atoms with Gasteiger partial charge in [-0.1, -0.05) is 42.5 Å². The van der Waals surface area contributed by atoms with Crippen molar-refractivity contribution in [3.63, 3.8) is 0 Å². The van der Waals surface area contributed by atoms with Gasteiger partial charge in [-0.3, -0.25) is 4.79 Å². The SMILES string of the molecule is Cc1cccc(-c2cccc(C(C)C(=O)O)c2)c1C. The Balaban J connectivity index is 2.49. The van der Waals surface area contributed by atoms with E-state index in [9.17, 15) is 4.79 Å². The lowest BCUT2D eigenvalue weighted by molar-refractivity contribution is -0.138. The van der Waals surface area contributed by atoms with Gasteiger partial charge in [0.2, 0.25) is 0 Å². The zero-order valence-electron chi connectivity index (χ0n) is 11.5. The Labute approximate surface area is 113 Å². The molecule has 0 fully saturated rings. The van der Waals surface area contributed by atoms with Gasteiger partial charge in [-0.2, -0.15) is 0 Å². The van der Waals surface area contributed by atoms with E-state index in [0.29, 0.717) is 0 Å². The number of aryl methyl sites for hydroxylation is 1. The first-order valence-electron chi connectivity index (χ1n) is 6.40. The first-order valence-corrected chi connectivity index (χ1v) is 6.40. The zero-order chi connectivity index (χ0) is 14.0. The van der Waals surface area contributed by atoms with Crippen LogP contribution in [0.2, 0.25) is 0 Å². The monoisotopic (exact) mass is 254 g/mol. The molecule has 0 aromatic heterocycles. The maximum absolute atomic E-state index is 11.1. The molecule has 1 N–H and O–H groups in total. The lowest BCUT2D eigenvalue weighted by Gasteiger charge is -2.12. The van der Waals surface area contributed by atoms with Gasteiger partial charge in [0.05, 0.1) is 5.92 Å². The molecule has 19 heavy (non-hydrogen) atoms. The number of hydrogen-bond acceptors (Lipinski definition) is 1. The van der Waals surface area contributed by atoms with Gasteiger partial charge in [0, 0.05) is 0 Å². The van der Waals surface area contributed by atoms with Crippen molar-refractivity contribution in [2.45, 2.75) is 26.7 Å². The van der Waals surface area contributed by atoms with Gasteiger partial charge in [0.15, 0.2) is 0 Å². The first kappa shape index (κ1) is 13.3. The Hall–Kier alpha value is -2.09. The molecule has 0 aliphatic heterocycles. The second-order valence-corrected chi connectivity index (χ2v) is 4.93. The van der Waals surface area contributed by atoms with E-state index in [0.717, 1.165) is 11.1 Å². The highest BCUT2D eigenvalue weighted by atomic mass is 16.4. The van der Waals surface area contributed by atoms with Crippen LogP contribution < -0.4 is 0 Å². The number of carboxylic acid groups (broad SMARTS) is 1. The Morgan fingerprint density at radius 1 is 1.11 bits per heavy atom. The summed E-state index contributed by atoms with van der Waals surface area (Å²) in [5.74, 6) is -1.27. The van der Waals surface area contributed by atoms with E-state index >= 15 is 0 Å². The smallest absolute Gasteiger partial charge is 0.310 e. The van der Waals surface area contributed by atoms with E-state index in [2.05, 4.69) is 26.0 Å². The van der Waals surface area contributed by atoms with E-state index in [4.69, 9.17) is 5.11 Å². The highest BCUT2D eigenvalue weighted by Gasteiger charge is 2.14. The Kier molecular flexibility index (Phi) is 3.70. The molecule has 0 amide bonds. The van der Waals surface area contributed by atoms with Gasteiger partial charge in [-0.25, -0.2) is 0 Å². The zero-order valence-corrected chi connectivity index (χ0v) is 11.5. The van der Waals surface area contributed by atoms with E-state index in [1.54, 1.807) is 6.92 Å². The molecule has 0 heterocycles. The van der Waals surface area contributed by atoms with Crippen molar-refractivity contribution in [2.75, 3.05) is 0 Å². The molecule has 0 saturated heterocycles. The third-order valence-electron chi connectivity index (χ3n) is 3.67. The Morgan fingerprint density at radius 2 is 1.79 bits per heavy atom. The lowest BCUT2D eigenvalue weighted by Crippen LogP contribution is -2.07. The highest BCUT2D eigenvalue weighted by Crippen LogP contribution is 2.28. The molecule has 2 heteroatoms. The second-order valence-electron chi connectivity index (χ2n) is 4.93. The Morgan fingerprint density at radius 3 is 2.47 bits per heavy atom. The highest BCUT2D eigenvalue weighted by molar-refractivity contribution is 5.77. The normalized spacial score (nSPS) is 12.2. The molecular formula is C17H18O2. The van der Waals surface area contributed by atoms with Crippen LogP contribution in [0.5, 0.6) is 0 Å². The summed E-state index contributed by atoms with van der Waals surface area (Å²) in [6.45, 7) is 5.89. The molecule has 0 spiro atoms. The van der Waals surface area contributed by atoms with E-state index in [1.165, 1.54) is 16.7 Å². The fourth-order valence-corrected chi connectivity index (χ4v) is 2.18. The molecule has 2 aromatic rings. The van der Waals surface area contributed by atoms with Crippen LogP contribution in [0, 0.1) is 13.8 Å².